The predicted molar refractivity (Wildman–Crippen MR) is 315 cm³/mol. The van der Waals surface area contributed by atoms with E-state index in [-0.39, 0.29) is 94.3 Å². The Kier molecular flexibility index (Phi) is 20.2. The van der Waals surface area contributed by atoms with Gasteiger partial charge in [-0.05, 0) is 121 Å². The van der Waals surface area contributed by atoms with E-state index in [1.165, 1.54) is 48.5 Å². The lowest BCUT2D eigenvalue weighted by atomic mass is 9.89. The maximum atomic E-state index is 15.0. The number of phenols is 1. The summed E-state index contributed by atoms with van der Waals surface area (Å²) in [4.78, 5) is 95.4. The van der Waals surface area contributed by atoms with Crippen LogP contribution in [0.3, 0.4) is 0 Å². The van der Waals surface area contributed by atoms with Crippen LogP contribution >= 0.6 is 7.60 Å². The maximum Gasteiger partial charge on any atom is 0.453 e. The largest absolute Gasteiger partial charge is 0.508 e. The monoisotopic (exact) mass is 1150 g/mol. The lowest BCUT2D eigenvalue weighted by molar-refractivity contribution is -0.134. The molecule has 19 heteroatoms. The van der Waals surface area contributed by atoms with Crippen LogP contribution in [0.5, 0.6) is 17.2 Å². The molecule has 0 saturated heterocycles. The molecule has 0 bridgehead atoms. The SMILES string of the molecule is CC(C)C[C@H](NC(=O)CCCCCNC(=O)c1ccc(C(=O)O)c(-c2c3ccc(=O)cc-3oc3cc(O)ccc23)c1)C(=O)N[C@@H](Cc1ccccc1)C(=O)N[C@@H](CC1CC1)C(=O)N[C@@H](C(C)C)P(=O)(Oc1ccccc1)Oc1ccccc1. The number of rotatable bonds is 28. The first-order valence-electron chi connectivity index (χ1n) is 28.0. The van der Waals surface area contributed by atoms with Crippen molar-refractivity contribution in [3.63, 3.8) is 0 Å². The number of aromatic carboxylic acids is 1. The van der Waals surface area contributed by atoms with Gasteiger partial charge in [0, 0.05) is 53.6 Å². The van der Waals surface area contributed by atoms with E-state index >= 15 is 0 Å². The van der Waals surface area contributed by atoms with Gasteiger partial charge in [0.25, 0.3) is 5.91 Å². The first-order valence-corrected chi connectivity index (χ1v) is 29.6. The second kappa shape index (κ2) is 27.8. The number of carbonyl (C=O) groups excluding carboxylic acids is 5. The van der Waals surface area contributed by atoms with Gasteiger partial charge in [-0.3, -0.25) is 28.8 Å². The lowest BCUT2D eigenvalue weighted by Crippen LogP contribution is -2.58. The van der Waals surface area contributed by atoms with Crippen LogP contribution in [-0.4, -0.2) is 76.2 Å². The van der Waals surface area contributed by atoms with Crippen LogP contribution < -0.4 is 41.1 Å². The zero-order chi connectivity index (χ0) is 59.2. The predicted octanol–water partition coefficient (Wildman–Crippen LogP) is 10.3. The summed E-state index contributed by atoms with van der Waals surface area (Å²) in [6.07, 6.45) is 3.84. The molecule has 0 spiro atoms. The molecule has 1 saturated carbocycles. The highest BCUT2D eigenvalue weighted by molar-refractivity contribution is 7.55. The molecule has 1 heterocycles. The normalized spacial score (nSPS) is 13.8. The van der Waals surface area contributed by atoms with Crippen molar-refractivity contribution in [2.24, 2.45) is 17.8 Å². The topological polar surface area (TPSA) is 269 Å². The smallest absolute Gasteiger partial charge is 0.453 e. The number of hydrogen-bond acceptors (Lipinski definition) is 12. The van der Waals surface area contributed by atoms with Gasteiger partial charge >= 0.3 is 13.6 Å². The van der Waals surface area contributed by atoms with E-state index in [1.807, 2.05) is 44.2 Å². The number of fused-ring (bicyclic) bond motifs is 2. The molecular formula is C64H70N5O13P. The summed E-state index contributed by atoms with van der Waals surface area (Å²) in [6.45, 7) is 7.63. The van der Waals surface area contributed by atoms with E-state index in [2.05, 4.69) is 26.6 Å². The summed E-state index contributed by atoms with van der Waals surface area (Å²) in [5.74, 6) is -4.77. The van der Waals surface area contributed by atoms with Gasteiger partial charge in [0.1, 0.15) is 46.7 Å². The number of amides is 5. The number of para-hydroxylation sites is 2. The molecule has 1 fully saturated rings. The highest BCUT2D eigenvalue weighted by Crippen LogP contribution is 2.54. The van der Waals surface area contributed by atoms with Gasteiger partial charge in [-0.2, -0.15) is 0 Å². The average molecular weight is 1150 g/mol. The summed E-state index contributed by atoms with van der Waals surface area (Å²) >= 11 is 0. The molecule has 2 aliphatic carbocycles. The highest BCUT2D eigenvalue weighted by atomic mass is 31.2. The highest BCUT2D eigenvalue weighted by Gasteiger charge is 2.44. The summed E-state index contributed by atoms with van der Waals surface area (Å²) in [6, 6.07) is 35.6. The van der Waals surface area contributed by atoms with Crippen molar-refractivity contribution < 1.29 is 57.0 Å². The third kappa shape index (κ3) is 16.5. The number of hydrogen-bond donors (Lipinski definition) is 7. The molecule has 8 rings (SSSR count). The Hall–Kier alpha value is -8.76. The zero-order valence-electron chi connectivity index (χ0n) is 46.8. The van der Waals surface area contributed by atoms with Crippen molar-refractivity contribution in [1.82, 2.24) is 26.6 Å². The fraction of sp³-hybridized carbons (Fsp3) is 0.328. The Morgan fingerprint density at radius 3 is 1.92 bits per heavy atom. The Morgan fingerprint density at radius 1 is 0.663 bits per heavy atom. The summed E-state index contributed by atoms with van der Waals surface area (Å²) in [7, 11) is -4.23. The van der Waals surface area contributed by atoms with Crippen LogP contribution in [0.2, 0.25) is 0 Å². The Balaban J connectivity index is 0.895. The lowest BCUT2D eigenvalue weighted by Gasteiger charge is -2.32. The minimum Gasteiger partial charge on any atom is -0.508 e. The molecule has 434 valence electrons. The first-order chi connectivity index (χ1) is 39.8. The molecule has 83 heavy (non-hydrogen) atoms. The molecule has 0 unspecified atom stereocenters. The molecule has 5 aromatic carbocycles. The second-order valence-corrected chi connectivity index (χ2v) is 23.7. The van der Waals surface area contributed by atoms with Crippen molar-refractivity contribution in [2.45, 2.75) is 109 Å². The molecule has 4 atom stereocenters. The van der Waals surface area contributed by atoms with Crippen molar-refractivity contribution in [3.05, 3.63) is 173 Å². The number of carboxylic acids is 1. The molecule has 0 radical (unpaired) electrons. The third-order valence-corrected chi connectivity index (χ3v) is 16.5. The Morgan fingerprint density at radius 2 is 1.29 bits per heavy atom. The molecule has 0 aromatic heterocycles. The fourth-order valence-electron chi connectivity index (χ4n) is 9.86. The molecule has 5 amide bonds. The van der Waals surface area contributed by atoms with Gasteiger partial charge in [0.05, 0.1) is 5.56 Å². The average Bonchev–Trinajstić information content (AvgIpc) is 3.12. The van der Waals surface area contributed by atoms with Crippen LogP contribution in [0.25, 0.3) is 33.4 Å². The van der Waals surface area contributed by atoms with Gasteiger partial charge in [0.15, 0.2) is 11.2 Å². The van der Waals surface area contributed by atoms with Gasteiger partial charge in [-0.1, -0.05) is 114 Å². The van der Waals surface area contributed by atoms with Crippen molar-refractivity contribution in [2.75, 3.05) is 6.54 Å². The molecule has 5 aromatic rings. The van der Waals surface area contributed by atoms with Crippen molar-refractivity contribution >= 4 is 54.1 Å². The van der Waals surface area contributed by atoms with E-state index in [0.717, 1.165) is 18.4 Å². The van der Waals surface area contributed by atoms with Crippen LogP contribution in [0.15, 0.2) is 155 Å². The minimum atomic E-state index is -4.23. The van der Waals surface area contributed by atoms with Crippen LogP contribution in [-0.2, 0) is 30.2 Å². The van der Waals surface area contributed by atoms with E-state index in [0.29, 0.717) is 42.2 Å². The van der Waals surface area contributed by atoms with Gasteiger partial charge in [0.2, 0.25) is 23.6 Å². The summed E-state index contributed by atoms with van der Waals surface area (Å²) < 4.78 is 33.2. The third-order valence-electron chi connectivity index (χ3n) is 14.2. The minimum absolute atomic E-state index is 0.0379. The van der Waals surface area contributed by atoms with Gasteiger partial charge < -0.3 is 50.3 Å². The number of aromatic hydroxyl groups is 1. The standard InChI is InChI=1S/C64H70N5O13P/c1-39(2)33-52(66-57(72)23-15-8-16-32-65-59(73)43-26-29-48(64(77)78)51(36-43)58-49-30-27-44(70)37-55(49)80-56-38-45(71)28-31-50(56)58)60(74)67-53(34-41-17-9-5-10-18-41)61(75)68-54(35-42-24-25-42)62(76)69-63(40(3)4)83(79,81-46-19-11-6-12-20-46)82-47-21-13-7-14-22-47/h5-7,9-14,17-22,26-31,36-40,42,52-54,63,70H,8,15-16,23-25,32-35H2,1-4H3,(H,65,73)(H,66,72)(H,67,74)(H,68,75)(H,69,76)(H,77,78)/t52-,53-,54-,63+/m0/s1. The first kappa shape index (κ1) is 60.3. The van der Waals surface area contributed by atoms with Crippen molar-refractivity contribution in [1.29, 1.82) is 0 Å². The van der Waals surface area contributed by atoms with Crippen molar-refractivity contribution in [3.8, 4) is 39.7 Å². The number of phenolic OH excluding ortho intramolecular Hbond substituents is 1. The summed E-state index contributed by atoms with van der Waals surface area (Å²) in [5, 5.41) is 35.4. The van der Waals surface area contributed by atoms with E-state index in [4.69, 9.17) is 13.5 Å². The molecule has 18 nitrogen and oxygen atoms in total. The number of nitrogens with one attached hydrogen (secondary N) is 5. The molecule has 1 aliphatic heterocycles. The number of carbonyl (C=O) groups is 6. The van der Waals surface area contributed by atoms with Gasteiger partial charge in [-0.15, -0.1) is 0 Å². The molecular weight excluding hydrogens is 1080 g/mol. The van der Waals surface area contributed by atoms with Crippen LogP contribution in [0.1, 0.15) is 105 Å². The quantitative estimate of drug-likeness (QED) is 0.0137. The van der Waals surface area contributed by atoms with E-state index < -0.39 is 67.0 Å². The number of carboxylic acid groups (broad SMARTS) is 1. The number of benzene rings is 6. The van der Waals surface area contributed by atoms with Gasteiger partial charge in [-0.25, -0.2) is 9.36 Å². The fourth-order valence-corrected chi connectivity index (χ4v) is 12.0. The maximum absolute atomic E-state index is 15.0. The van der Waals surface area contributed by atoms with E-state index in [9.17, 15) is 48.3 Å². The van der Waals surface area contributed by atoms with E-state index in [1.54, 1.807) is 80.6 Å². The second-order valence-electron chi connectivity index (χ2n) is 21.7. The van der Waals surface area contributed by atoms with Crippen LogP contribution in [0, 0.1) is 17.8 Å². The Labute approximate surface area is 481 Å². The Bertz CT molecular complexity index is 3450. The summed E-state index contributed by atoms with van der Waals surface area (Å²) in [5.41, 5.74) is 1.73. The zero-order valence-corrected chi connectivity index (χ0v) is 47.7. The number of unbranched alkanes of at least 4 members (excludes halogenated alkanes) is 2. The van der Waals surface area contributed by atoms with Crippen LogP contribution in [0.4, 0.5) is 0 Å². The molecule has 7 N–H and O–H groups in total. The molecule has 3 aliphatic rings.